The van der Waals surface area contributed by atoms with Gasteiger partial charge >= 0.3 is 0 Å². The molecule has 0 atom stereocenters. The van der Waals surface area contributed by atoms with E-state index in [-0.39, 0.29) is 0 Å². The van der Waals surface area contributed by atoms with Crippen molar-refractivity contribution < 1.29 is 0 Å². The van der Waals surface area contributed by atoms with Crippen LogP contribution in [0.4, 0.5) is 0 Å². The summed E-state index contributed by atoms with van der Waals surface area (Å²) in [6, 6.07) is 7.78. The maximum absolute atomic E-state index is 5.78. The minimum Gasteiger partial charge on any atom is -0.126 e. The van der Waals surface area contributed by atoms with E-state index in [9.17, 15) is 0 Å². The number of alkyl halides is 1. The first-order chi connectivity index (χ1) is 5.33. The highest BCUT2D eigenvalue weighted by molar-refractivity contribution is 7.99. The highest BCUT2D eigenvalue weighted by Gasteiger charge is 1.92. The van der Waals surface area contributed by atoms with Crippen LogP contribution in [0.15, 0.2) is 29.2 Å². The van der Waals surface area contributed by atoms with Gasteiger partial charge in [-0.3, -0.25) is 0 Å². The molecule has 0 heterocycles. The van der Waals surface area contributed by atoms with Gasteiger partial charge in [-0.05, 0) is 18.2 Å². The van der Waals surface area contributed by atoms with Crippen LogP contribution in [0.1, 0.15) is 0 Å². The summed E-state index contributed by atoms with van der Waals surface area (Å²) in [6.45, 7) is 0. The summed E-state index contributed by atoms with van der Waals surface area (Å²) in [4.78, 5) is 1.18. The molecule has 0 aromatic heterocycles. The molecule has 0 spiro atoms. The molecular weight excluding hydrogens is 199 g/mol. The predicted octanol–water partition coefficient (Wildman–Crippen LogP) is 3.67. The molecule has 0 nitrogen and oxygen atoms in total. The fourth-order valence-electron chi connectivity index (χ4n) is 0.713. The second-order valence-corrected chi connectivity index (χ2v) is 3.98. The zero-order chi connectivity index (χ0) is 8.10. The lowest BCUT2D eigenvalue weighted by atomic mass is 10.4. The monoisotopic (exact) mass is 206 g/mol. The van der Waals surface area contributed by atoms with Gasteiger partial charge in [-0.15, -0.1) is 23.4 Å². The van der Waals surface area contributed by atoms with Gasteiger partial charge in [0.1, 0.15) is 0 Å². The van der Waals surface area contributed by atoms with Gasteiger partial charge in [-0.1, -0.05) is 17.7 Å². The first-order valence-electron chi connectivity index (χ1n) is 3.27. The summed E-state index contributed by atoms with van der Waals surface area (Å²) in [5.74, 6) is 1.61. The Labute approximate surface area is 80.9 Å². The normalized spacial score (nSPS) is 10.0. The van der Waals surface area contributed by atoms with Crippen LogP contribution in [0, 0.1) is 0 Å². The number of rotatable bonds is 3. The number of thioether (sulfide) groups is 1. The third-order valence-electron chi connectivity index (χ3n) is 1.14. The van der Waals surface area contributed by atoms with E-state index < -0.39 is 0 Å². The molecule has 0 aliphatic heterocycles. The molecule has 11 heavy (non-hydrogen) atoms. The fourth-order valence-corrected chi connectivity index (χ4v) is 1.90. The highest BCUT2D eigenvalue weighted by Crippen LogP contribution is 2.21. The summed E-state index contributed by atoms with van der Waals surface area (Å²) in [7, 11) is 0. The molecule has 0 saturated heterocycles. The lowest BCUT2D eigenvalue weighted by Gasteiger charge is -1.97. The topological polar surface area (TPSA) is 0 Å². The van der Waals surface area contributed by atoms with Crippen molar-refractivity contribution in [3.8, 4) is 0 Å². The Morgan fingerprint density at radius 3 is 2.82 bits per heavy atom. The van der Waals surface area contributed by atoms with Gasteiger partial charge in [0.05, 0.1) is 0 Å². The van der Waals surface area contributed by atoms with Crippen molar-refractivity contribution in [2.45, 2.75) is 4.90 Å². The minimum atomic E-state index is 0.678. The Kier molecular flexibility index (Phi) is 4.13. The van der Waals surface area contributed by atoms with Crippen molar-refractivity contribution in [1.82, 2.24) is 0 Å². The molecule has 0 aliphatic carbocycles. The van der Waals surface area contributed by atoms with Crippen LogP contribution in [0.5, 0.6) is 0 Å². The van der Waals surface area contributed by atoms with Gasteiger partial charge in [0.2, 0.25) is 0 Å². The Bertz CT molecular complexity index is 225. The molecular formula is C8H8Cl2S. The Hall–Kier alpha value is 0.150. The predicted molar refractivity (Wildman–Crippen MR) is 52.9 cm³/mol. The minimum absolute atomic E-state index is 0.678. The molecule has 0 amide bonds. The summed E-state index contributed by atoms with van der Waals surface area (Å²) >= 11 is 13.0. The van der Waals surface area contributed by atoms with Crippen LogP contribution in [0.25, 0.3) is 0 Å². The molecule has 0 saturated carbocycles. The van der Waals surface area contributed by atoms with E-state index in [4.69, 9.17) is 23.2 Å². The Morgan fingerprint density at radius 1 is 1.36 bits per heavy atom. The van der Waals surface area contributed by atoms with Crippen molar-refractivity contribution in [3.05, 3.63) is 29.3 Å². The second kappa shape index (κ2) is 4.91. The molecule has 0 fully saturated rings. The van der Waals surface area contributed by atoms with Crippen molar-refractivity contribution in [2.75, 3.05) is 11.6 Å². The van der Waals surface area contributed by atoms with E-state index in [0.29, 0.717) is 5.88 Å². The number of benzene rings is 1. The van der Waals surface area contributed by atoms with Gasteiger partial charge < -0.3 is 0 Å². The van der Waals surface area contributed by atoms with E-state index in [2.05, 4.69) is 0 Å². The third kappa shape index (κ3) is 3.37. The highest BCUT2D eigenvalue weighted by atomic mass is 35.5. The largest absolute Gasteiger partial charge is 0.126 e. The van der Waals surface area contributed by atoms with Gasteiger partial charge in [-0.25, -0.2) is 0 Å². The van der Waals surface area contributed by atoms with Crippen LogP contribution in [-0.2, 0) is 0 Å². The first kappa shape index (κ1) is 9.24. The lowest BCUT2D eigenvalue weighted by Crippen LogP contribution is -1.78. The van der Waals surface area contributed by atoms with Crippen molar-refractivity contribution >= 4 is 35.0 Å². The number of hydrogen-bond donors (Lipinski definition) is 0. The van der Waals surface area contributed by atoms with Gasteiger partial charge in [0.15, 0.2) is 0 Å². The first-order valence-corrected chi connectivity index (χ1v) is 5.17. The molecule has 0 radical (unpaired) electrons. The zero-order valence-corrected chi connectivity index (χ0v) is 8.22. The van der Waals surface area contributed by atoms with Crippen LogP contribution in [0.2, 0.25) is 5.02 Å². The molecule has 0 aliphatic rings. The molecule has 1 aromatic carbocycles. The maximum atomic E-state index is 5.78. The molecule has 0 unspecified atom stereocenters. The molecule has 0 N–H and O–H groups in total. The number of hydrogen-bond acceptors (Lipinski definition) is 1. The third-order valence-corrected chi connectivity index (χ3v) is 2.79. The molecule has 1 rings (SSSR count). The van der Waals surface area contributed by atoms with Crippen LogP contribution in [-0.4, -0.2) is 11.6 Å². The van der Waals surface area contributed by atoms with E-state index in [1.54, 1.807) is 11.8 Å². The van der Waals surface area contributed by atoms with Gasteiger partial charge in [0.25, 0.3) is 0 Å². The molecule has 3 heteroatoms. The lowest BCUT2D eigenvalue weighted by molar-refractivity contribution is 1.43. The van der Waals surface area contributed by atoms with E-state index in [0.717, 1.165) is 10.8 Å². The van der Waals surface area contributed by atoms with E-state index >= 15 is 0 Å². The van der Waals surface area contributed by atoms with Gasteiger partial charge in [-0.2, -0.15) is 0 Å². The van der Waals surface area contributed by atoms with Crippen LogP contribution < -0.4 is 0 Å². The van der Waals surface area contributed by atoms with Crippen LogP contribution >= 0.6 is 35.0 Å². The van der Waals surface area contributed by atoms with Crippen LogP contribution in [0.3, 0.4) is 0 Å². The molecule has 60 valence electrons. The average Bonchev–Trinajstić information content (AvgIpc) is 2.01. The smallest absolute Gasteiger partial charge is 0.0417 e. The second-order valence-electron chi connectivity index (χ2n) is 1.99. The molecule has 1 aromatic rings. The summed E-state index contributed by atoms with van der Waals surface area (Å²) in [6.07, 6.45) is 0. The Balaban J connectivity index is 2.56. The summed E-state index contributed by atoms with van der Waals surface area (Å²) in [5, 5.41) is 0.782. The van der Waals surface area contributed by atoms with Crippen molar-refractivity contribution in [1.29, 1.82) is 0 Å². The fraction of sp³-hybridized carbons (Fsp3) is 0.250. The molecule has 0 bridgehead atoms. The number of halogens is 2. The zero-order valence-electron chi connectivity index (χ0n) is 5.89. The van der Waals surface area contributed by atoms with E-state index in [1.165, 1.54) is 4.90 Å². The SMILES string of the molecule is ClCCSc1cccc(Cl)c1. The summed E-state index contributed by atoms with van der Waals surface area (Å²) < 4.78 is 0. The summed E-state index contributed by atoms with van der Waals surface area (Å²) in [5.41, 5.74) is 0. The van der Waals surface area contributed by atoms with Crippen molar-refractivity contribution in [3.63, 3.8) is 0 Å². The van der Waals surface area contributed by atoms with Crippen molar-refractivity contribution in [2.24, 2.45) is 0 Å². The quantitative estimate of drug-likeness (QED) is 0.538. The maximum Gasteiger partial charge on any atom is 0.0417 e. The standard InChI is InChI=1S/C8H8Cl2S/c9-4-5-11-8-3-1-2-7(10)6-8/h1-3,6H,4-5H2. The van der Waals surface area contributed by atoms with Gasteiger partial charge in [0, 0.05) is 21.6 Å². The Morgan fingerprint density at radius 2 is 2.18 bits per heavy atom. The average molecular weight is 207 g/mol. The van der Waals surface area contributed by atoms with E-state index in [1.807, 2.05) is 24.3 Å².